The van der Waals surface area contributed by atoms with Crippen molar-refractivity contribution in [2.75, 3.05) is 12.4 Å². The number of carbonyl (C=O) groups excluding carboxylic acids is 1. The number of carbonyl (C=O) groups is 1. The van der Waals surface area contributed by atoms with Crippen molar-refractivity contribution in [3.05, 3.63) is 75.6 Å². The summed E-state index contributed by atoms with van der Waals surface area (Å²) < 4.78 is 8.10. The Kier molecular flexibility index (Phi) is 6.11. The number of anilines is 1. The summed E-state index contributed by atoms with van der Waals surface area (Å²) >= 11 is 0. The van der Waals surface area contributed by atoms with Crippen molar-refractivity contribution in [2.45, 2.75) is 32.2 Å². The second kappa shape index (κ2) is 9.37. The summed E-state index contributed by atoms with van der Waals surface area (Å²) in [7, 11) is 3.23. The summed E-state index contributed by atoms with van der Waals surface area (Å²) in [4.78, 5) is 43.4. The lowest BCUT2D eigenvalue weighted by molar-refractivity contribution is -0.121. The SMILES string of the molecule is COc1ccc2c(c1)c(=O)n(CC1CCC(C(=O)Nc3cccc4ncccc34)CC1)c(=O)n2C. The number of benzene rings is 2. The Labute approximate surface area is 202 Å². The molecule has 1 N–H and O–H groups in total. The fraction of sp³-hybridized carbons (Fsp3) is 0.333. The minimum absolute atomic E-state index is 0.00526. The zero-order valence-corrected chi connectivity index (χ0v) is 19.9. The predicted octanol–water partition coefficient (Wildman–Crippen LogP) is 3.70. The molecule has 8 heteroatoms. The molecule has 5 rings (SSSR count). The molecule has 35 heavy (non-hydrogen) atoms. The van der Waals surface area contributed by atoms with E-state index in [-0.39, 0.29) is 29.0 Å². The van der Waals surface area contributed by atoms with Crippen LogP contribution in [0.4, 0.5) is 5.69 Å². The van der Waals surface area contributed by atoms with Crippen LogP contribution in [-0.4, -0.2) is 27.1 Å². The molecule has 4 aromatic rings. The van der Waals surface area contributed by atoms with Gasteiger partial charge in [0.05, 0.1) is 29.2 Å². The monoisotopic (exact) mass is 472 g/mol. The van der Waals surface area contributed by atoms with Crippen LogP contribution in [0.1, 0.15) is 25.7 Å². The van der Waals surface area contributed by atoms with Crippen molar-refractivity contribution in [3.63, 3.8) is 0 Å². The summed E-state index contributed by atoms with van der Waals surface area (Å²) in [5, 5.41) is 4.46. The van der Waals surface area contributed by atoms with Crippen LogP contribution < -0.4 is 21.3 Å². The molecule has 1 amide bonds. The molecule has 0 unspecified atom stereocenters. The summed E-state index contributed by atoms with van der Waals surface area (Å²) in [6.45, 7) is 0.349. The average Bonchev–Trinajstić information content (AvgIpc) is 2.90. The first-order valence-corrected chi connectivity index (χ1v) is 11.9. The fourth-order valence-electron chi connectivity index (χ4n) is 5.10. The maximum absolute atomic E-state index is 13.2. The van der Waals surface area contributed by atoms with E-state index in [1.807, 2.05) is 30.3 Å². The van der Waals surface area contributed by atoms with Crippen LogP contribution in [0.2, 0.25) is 0 Å². The zero-order valence-electron chi connectivity index (χ0n) is 19.9. The van der Waals surface area contributed by atoms with Gasteiger partial charge in [-0.05, 0) is 74.1 Å². The number of aryl methyl sites for hydroxylation is 1. The van der Waals surface area contributed by atoms with Crippen LogP contribution in [-0.2, 0) is 18.4 Å². The molecule has 0 spiro atoms. The molecule has 2 aromatic heterocycles. The van der Waals surface area contributed by atoms with E-state index in [0.29, 0.717) is 23.2 Å². The first-order chi connectivity index (χ1) is 17.0. The van der Waals surface area contributed by atoms with Crippen LogP contribution in [0.5, 0.6) is 5.75 Å². The molecule has 1 aliphatic carbocycles. The molecule has 1 fully saturated rings. The molecule has 1 saturated carbocycles. The van der Waals surface area contributed by atoms with Crippen LogP contribution in [0.25, 0.3) is 21.8 Å². The normalized spacial score (nSPS) is 18.0. The summed E-state index contributed by atoms with van der Waals surface area (Å²) in [6, 6.07) is 14.7. The van der Waals surface area contributed by atoms with Crippen LogP contribution >= 0.6 is 0 Å². The van der Waals surface area contributed by atoms with E-state index < -0.39 is 0 Å². The van der Waals surface area contributed by atoms with Gasteiger partial charge in [0.25, 0.3) is 5.56 Å². The van der Waals surface area contributed by atoms with Crippen LogP contribution in [0.15, 0.2) is 64.3 Å². The molecule has 2 heterocycles. The van der Waals surface area contributed by atoms with Gasteiger partial charge in [0, 0.05) is 31.1 Å². The number of nitrogens with zero attached hydrogens (tertiary/aromatic N) is 3. The van der Waals surface area contributed by atoms with E-state index in [2.05, 4.69) is 10.3 Å². The minimum Gasteiger partial charge on any atom is -0.497 e. The molecule has 8 nitrogen and oxygen atoms in total. The van der Waals surface area contributed by atoms with Crippen molar-refractivity contribution in [1.29, 1.82) is 0 Å². The fourth-order valence-corrected chi connectivity index (χ4v) is 5.10. The maximum Gasteiger partial charge on any atom is 0.331 e. The number of ether oxygens (including phenoxy) is 1. The largest absolute Gasteiger partial charge is 0.497 e. The Balaban J connectivity index is 1.29. The van der Waals surface area contributed by atoms with Gasteiger partial charge < -0.3 is 10.1 Å². The summed E-state index contributed by atoms with van der Waals surface area (Å²) in [5.74, 6) is 0.645. The first kappa shape index (κ1) is 22.8. The van der Waals surface area contributed by atoms with Crippen LogP contribution in [0, 0.1) is 11.8 Å². The van der Waals surface area contributed by atoms with E-state index in [9.17, 15) is 14.4 Å². The maximum atomic E-state index is 13.2. The number of hydrogen-bond acceptors (Lipinski definition) is 5. The number of rotatable bonds is 5. The second-order valence-electron chi connectivity index (χ2n) is 9.22. The third kappa shape index (κ3) is 4.32. The van der Waals surface area contributed by atoms with E-state index >= 15 is 0 Å². The lowest BCUT2D eigenvalue weighted by atomic mass is 9.81. The molecule has 180 valence electrons. The van der Waals surface area contributed by atoms with Gasteiger partial charge >= 0.3 is 5.69 Å². The number of nitrogens with one attached hydrogen (secondary N) is 1. The van der Waals surface area contributed by atoms with E-state index in [1.165, 1.54) is 9.13 Å². The van der Waals surface area contributed by atoms with Gasteiger partial charge in [-0.15, -0.1) is 0 Å². The lowest BCUT2D eigenvalue weighted by Gasteiger charge is -2.28. The molecule has 0 aliphatic heterocycles. The van der Waals surface area contributed by atoms with Gasteiger partial charge in [-0.1, -0.05) is 6.07 Å². The average molecular weight is 473 g/mol. The van der Waals surface area contributed by atoms with Crippen molar-refractivity contribution in [3.8, 4) is 5.75 Å². The molecule has 0 radical (unpaired) electrons. The standard InChI is InChI=1S/C27H28N4O4/c1-30-24-13-12-19(35-2)15-21(24)26(33)31(27(30)34)16-17-8-10-18(11-9-17)25(32)29-23-7-3-6-22-20(23)5-4-14-28-22/h3-7,12-15,17-18H,8-11,16H2,1-2H3,(H,29,32). The minimum atomic E-state index is -0.322. The number of fused-ring (bicyclic) bond motifs is 2. The third-order valence-electron chi connectivity index (χ3n) is 7.12. The van der Waals surface area contributed by atoms with Gasteiger partial charge in [0.2, 0.25) is 5.91 Å². The van der Waals surface area contributed by atoms with E-state index in [4.69, 9.17) is 4.74 Å². The van der Waals surface area contributed by atoms with Gasteiger partial charge in [-0.3, -0.25) is 23.7 Å². The predicted molar refractivity (Wildman–Crippen MR) is 136 cm³/mol. The highest BCUT2D eigenvalue weighted by Crippen LogP contribution is 2.31. The van der Waals surface area contributed by atoms with E-state index in [1.54, 1.807) is 38.6 Å². The molecule has 0 bridgehead atoms. The first-order valence-electron chi connectivity index (χ1n) is 11.9. The number of hydrogen-bond donors (Lipinski definition) is 1. The summed E-state index contributed by atoms with van der Waals surface area (Å²) in [5.41, 5.74) is 1.57. The molecule has 0 atom stereocenters. The number of methoxy groups -OCH3 is 1. The second-order valence-corrected chi connectivity index (χ2v) is 9.22. The Hall–Kier alpha value is -3.94. The molecule has 2 aromatic carbocycles. The van der Waals surface area contributed by atoms with Gasteiger partial charge in [0.1, 0.15) is 5.75 Å². The van der Waals surface area contributed by atoms with Gasteiger partial charge in [-0.25, -0.2) is 4.79 Å². The molecule has 1 aliphatic rings. The van der Waals surface area contributed by atoms with Gasteiger partial charge in [-0.2, -0.15) is 0 Å². The Morgan fingerprint density at radius 3 is 2.63 bits per heavy atom. The Bertz CT molecular complexity index is 1530. The van der Waals surface area contributed by atoms with Crippen LogP contribution in [0.3, 0.4) is 0 Å². The van der Waals surface area contributed by atoms with Gasteiger partial charge in [0.15, 0.2) is 0 Å². The van der Waals surface area contributed by atoms with Crippen molar-refractivity contribution in [1.82, 2.24) is 14.1 Å². The van der Waals surface area contributed by atoms with Crippen molar-refractivity contribution >= 4 is 33.4 Å². The lowest BCUT2D eigenvalue weighted by Crippen LogP contribution is -2.41. The number of amides is 1. The number of pyridine rings is 1. The smallest absolute Gasteiger partial charge is 0.331 e. The van der Waals surface area contributed by atoms with Crippen molar-refractivity contribution < 1.29 is 9.53 Å². The molecular weight excluding hydrogens is 444 g/mol. The topological polar surface area (TPSA) is 95.2 Å². The molecule has 0 saturated heterocycles. The zero-order chi connectivity index (χ0) is 24.5. The van der Waals surface area contributed by atoms with Crippen molar-refractivity contribution in [2.24, 2.45) is 18.9 Å². The Morgan fingerprint density at radius 2 is 1.86 bits per heavy atom. The summed E-state index contributed by atoms with van der Waals surface area (Å²) in [6.07, 6.45) is 4.73. The highest BCUT2D eigenvalue weighted by molar-refractivity contribution is 6.01. The highest BCUT2D eigenvalue weighted by atomic mass is 16.5. The Morgan fingerprint density at radius 1 is 1.06 bits per heavy atom. The highest BCUT2D eigenvalue weighted by Gasteiger charge is 2.28. The number of aromatic nitrogens is 3. The quantitative estimate of drug-likeness (QED) is 0.478. The van der Waals surface area contributed by atoms with E-state index in [0.717, 1.165) is 42.3 Å². The third-order valence-corrected chi connectivity index (χ3v) is 7.12. The molecular formula is C27H28N4O4.